The predicted molar refractivity (Wildman–Crippen MR) is 155 cm³/mol. The summed E-state index contributed by atoms with van der Waals surface area (Å²) < 4.78 is 7.90. The van der Waals surface area contributed by atoms with E-state index in [2.05, 4.69) is 107 Å². The van der Waals surface area contributed by atoms with Gasteiger partial charge in [0.05, 0.1) is 0 Å². The first kappa shape index (κ1) is 23.0. The van der Waals surface area contributed by atoms with Gasteiger partial charge in [-0.05, 0) is 76.1 Å². The molecule has 0 radical (unpaired) electrons. The summed E-state index contributed by atoms with van der Waals surface area (Å²) in [4.78, 5) is 4.82. The molecule has 36 heavy (non-hydrogen) atoms. The Labute approximate surface area is 216 Å². The number of thiophene rings is 1. The molecule has 0 atom stereocenters. The molecule has 0 aliphatic rings. The topological polar surface area (TPSA) is 26.0 Å². The van der Waals surface area contributed by atoms with Crippen LogP contribution in [0.1, 0.15) is 45.7 Å². The summed E-state index contributed by atoms with van der Waals surface area (Å²) >= 11 is 1.78. The van der Waals surface area contributed by atoms with Crippen LogP contribution in [0.4, 0.5) is 0 Å². The minimum Gasteiger partial charge on any atom is -0.454 e. The molecule has 6 rings (SSSR count). The number of pyridine rings is 1. The summed E-state index contributed by atoms with van der Waals surface area (Å²) in [5.74, 6) is 1.54. The van der Waals surface area contributed by atoms with Crippen LogP contribution in [0.2, 0.25) is 0 Å². The zero-order chi connectivity index (χ0) is 25.0. The van der Waals surface area contributed by atoms with E-state index in [0.29, 0.717) is 5.92 Å². The highest BCUT2D eigenvalue weighted by molar-refractivity contribution is 7.17. The number of rotatable bonds is 4. The van der Waals surface area contributed by atoms with E-state index in [1.54, 1.807) is 11.3 Å². The van der Waals surface area contributed by atoms with Crippen molar-refractivity contribution >= 4 is 43.2 Å². The fourth-order valence-corrected chi connectivity index (χ4v) is 6.17. The Balaban J connectivity index is 1.52. The minimum atomic E-state index is 0.0150. The van der Waals surface area contributed by atoms with E-state index in [1.807, 2.05) is 6.20 Å². The maximum atomic E-state index is 6.61. The summed E-state index contributed by atoms with van der Waals surface area (Å²) in [6, 6.07) is 24.2. The van der Waals surface area contributed by atoms with Crippen LogP contribution in [-0.4, -0.2) is 4.98 Å². The molecule has 0 aliphatic heterocycles. The van der Waals surface area contributed by atoms with Gasteiger partial charge in [-0.3, -0.25) is 4.98 Å². The van der Waals surface area contributed by atoms with Crippen molar-refractivity contribution in [3.63, 3.8) is 0 Å². The van der Waals surface area contributed by atoms with Gasteiger partial charge in [-0.1, -0.05) is 65.0 Å². The lowest BCUT2D eigenvalue weighted by Gasteiger charge is -2.22. The molecule has 0 spiro atoms. The third kappa shape index (κ3) is 4.02. The fraction of sp³-hybridized carbons (Fsp3) is 0.242. The number of fused-ring (bicyclic) bond motifs is 3. The number of benzene rings is 3. The van der Waals surface area contributed by atoms with Crippen LogP contribution in [0.5, 0.6) is 0 Å². The van der Waals surface area contributed by atoms with E-state index < -0.39 is 0 Å². The maximum Gasteiger partial charge on any atom is 0.161 e. The normalized spacial score (nSPS) is 12.4. The Bertz CT molecular complexity index is 1730. The lowest BCUT2D eigenvalue weighted by molar-refractivity contribution is 0.596. The lowest BCUT2D eigenvalue weighted by atomic mass is 9.82. The van der Waals surface area contributed by atoms with Crippen LogP contribution in [0.25, 0.3) is 54.4 Å². The smallest absolute Gasteiger partial charge is 0.161 e. The van der Waals surface area contributed by atoms with Crippen LogP contribution < -0.4 is 0 Å². The van der Waals surface area contributed by atoms with Gasteiger partial charge in [0, 0.05) is 38.2 Å². The van der Waals surface area contributed by atoms with E-state index >= 15 is 0 Å². The number of hydrogen-bond acceptors (Lipinski definition) is 3. The summed E-state index contributed by atoms with van der Waals surface area (Å²) in [6.07, 6.45) is 2.98. The van der Waals surface area contributed by atoms with Gasteiger partial charge in [-0.15, -0.1) is 11.3 Å². The van der Waals surface area contributed by atoms with Crippen LogP contribution >= 0.6 is 11.3 Å². The van der Waals surface area contributed by atoms with Crippen molar-refractivity contribution in [2.45, 2.75) is 46.5 Å². The summed E-state index contributed by atoms with van der Waals surface area (Å²) in [5, 5.41) is 7.10. The molecule has 0 amide bonds. The van der Waals surface area contributed by atoms with Gasteiger partial charge in [0.25, 0.3) is 0 Å². The van der Waals surface area contributed by atoms with E-state index in [9.17, 15) is 0 Å². The molecule has 0 saturated carbocycles. The van der Waals surface area contributed by atoms with E-state index in [4.69, 9.17) is 9.40 Å². The van der Waals surface area contributed by atoms with Gasteiger partial charge in [0.15, 0.2) is 5.58 Å². The highest BCUT2D eigenvalue weighted by atomic mass is 32.1. The highest BCUT2D eigenvalue weighted by Crippen LogP contribution is 2.41. The maximum absolute atomic E-state index is 6.61. The van der Waals surface area contributed by atoms with Gasteiger partial charge in [-0.2, -0.15) is 0 Å². The first-order valence-electron chi connectivity index (χ1n) is 12.7. The molecule has 0 fully saturated rings. The lowest BCUT2D eigenvalue weighted by Crippen LogP contribution is -2.12. The molecule has 0 bridgehead atoms. The molecule has 3 aromatic carbocycles. The molecule has 2 nitrogen and oxygen atoms in total. The summed E-state index contributed by atoms with van der Waals surface area (Å²) in [7, 11) is 0. The van der Waals surface area contributed by atoms with Crippen molar-refractivity contribution in [3.05, 3.63) is 89.4 Å². The van der Waals surface area contributed by atoms with Crippen molar-refractivity contribution in [1.29, 1.82) is 0 Å². The van der Waals surface area contributed by atoms with Crippen LogP contribution in [-0.2, 0) is 11.8 Å². The zero-order valence-corrected chi connectivity index (χ0v) is 22.4. The van der Waals surface area contributed by atoms with Gasteiger partial charge in [0.1, 0.15) is 11.5 Å². The van der Waals surface area contributed by atoms with Gasteiger partial charge >= 0.3 is 0 Å². The van der Waals surface area contributed by atoms with Crippen LogP contribution in [0.15, 0.2) is 82.7 Å². The second kappa shape index (κ2) is 8.60. The van der Waals surface area contributed by atoms with E-state index in [0.717, 1.165) is 40.0 Å². The molecule has 0 unspecified atom stereocenters. The third-order valence-corrected chi connectivity index (χ3v) is 7.89. The van der Waals surface area contributed by atoms with Gasteiger partial charge in [-0.25, -0.2) is 0 Å². The van der Waals surface area contributed by atoms with E-state index in [1.165, 1.54) is 32.0 Å². The van der Waals surface area contributed by atoms with Gasteiger partial charge in [0.2, 0.25) is 0 Å². The van der Waals surface area contributed by atoms with Crippen molar-refractivity contribution in [2.24, 2.45) is 5.92 Å². The van der Waals surface area contributed by atoms with Crippen LogP contribution in [0.3, 0.4) is 0 Å². The Morgan fingerprint density at radius 2 is 1.72 bits per heavy atom. The second-order valence-electron chi connectivity index (χ2n) is 11.3. The minimum absolute atomic E-state index is 0.0150. The fourth-order valence-electron chi connectivity index (χ4n) is 5.24. The molecular formula is C33H31NOS. The largest absolute Gasteiger partial charge is 0.454 e. The van der Waals surface area contributed by atoms with Crippen molar-refractivity contribution in [1.82, 2.24) is 4.98 Å². The molecule has 180 valence electrons. The monoisotopic (exact) mass is 489 g/mol. The quantitative estimate of drug-likeness (QED) is 0.246. The Hall–Kier alpha value is -3.43. The number of nitrogens with zero attached hydrogens (tertiary/aromatic N) is 1. The Morgan fingerprint density at radius 1 is 0.889 bits per heavy atom. The highest BCUT2D eigenvalue weighted by Gasteiger charge is 2.21. The van der Waals surface area contributed by atoms with Crippen molar-refractivity contribution < 1.29 is 4.42 Å². The molecule has 3 heterocycles. The van der Waals surface area contributed by atoms with Crippen molar-refractivity contribution in [3.8, 4) is 22.6 Å². The second-order valence-corrected chi connectivity index (χ2v) is 12.2. The summed E-state index contributed by atoms with van der Waals surface area (Å²) in [6.45, 7) is 11.3. The van der Waals surface area contributed by atoms with Gasteiger partial charge < -0.3 is 4.42 Å². The van der Waals surface area contributed by atoms with Crippen LogP contribution in [0, 0.1) is 5.92 Å². The molecule has 6 aromatic rings. The third-order valence-electron chi connectivity index (χ3n) is 6.92. The molecular weight excluding hydrogens is 458 g/mol. The first-order valence-corrected chi connectivity index (χ1v) is 13.6. The molecule has 0 N–H and O–H groups in total. The Kier molecular flexibility index (Phi) is 5.49. The van der Waals surface area contributed by atoms with E-state index in [-0.39, 0.29) is 5.41 Å². The number of hydrogen-bond donors (Lipinski definition) is 0. The Morgan fingerprint density at radius 3 is 2.53 bits per heavy atom. The molecule has 0 saturated heterocycles. The predicted octanol–water partition coefficient (Wildman–Crippen LogP) is 10.0. The number of aromatic nitrogens is 1. The standard InChI is InChI=1S/C33H31NOS/c1-20(2)14-21-10-11-30-26(15-21)27(19-36-30)29-18-23-12-13-34-31(32(23)35-29)24-16-22-8-6-7-9-25(22)28(17-24)33(3,4)5/h6-13,15-20H,14H2,1-5H3. The molecule has 3 heteroatoms. The average molecular weight is 490 g/mol. The average Bonchev–Trinajstić information content (AvgIpc) is 3.46. The zero-order valence-electron chi connectivity index (χ0n) is 21.6. The molecule has 0 aliphatic carbocycles. The molecule has 3 aromatic heterocycles. The SMILES string of the molecule is CC(C)Cc1ccc2scc(-c3cc4ccnc(-c5cc(C(C)(C)C)c6ccccc6c5)c4o3)c2c1. The first-order chi connectivity index (χ1) is 17.3. The summed E-state index contributed by atoms with van der Waals surface area (Å²) in [5.41, 5.74) is 6.72. The van der Waals surface area contributed by atoms with Crippen molar-refractivity contribution in [2.75, 3.05) is 0 Å². The number of furan rings is 1.